The maximum absolute atomic E-state index is 6.05. The summed E-state index contributed by atoms with van der Waals surface area (Å²) in [4.78, 5) is 12.2. The molecule has 1 saturated carbocycles. The Morgan fingerprint density at radius 2 is 2.00 bits per heavy atom. The van der Waals surface area contributed by atoms with E-state index >= 15 is 0 Å². The van der Waals surface area contributed by atoms with Crippen molar-refractivity contribution in [3.05, 3.63) is 46.8 Å². The van der Waals surface area contributed by atoms with E-state index in [1.54, 1.807) is 0 Å². The topological polar surface area (TPSA) is 91.7 Å². The van der Waals surface area contributed by atoms with Gasteiger partial charge in [0.2, 0.25) is 0 Å². The second kappa shape index (κ2) is 7.09. The summed E-state index contributed by atoms with van der Waals surface area (Å²) in [5.74, 6) is 1.39. The van der Waals surface area contributed by atoms with Crippen LogP contribution in [0.5, 0.6) is 0 Å². The van der Waals surface area contributed by atoms with E-state index in [9.17, 15) is 0 Å². The molecule has 5 rings (SSSR count). The number of rotatable bonds is 4. The quantitative estimate of drug-likeness (QED) is 0.553. The van der Waals surface area contributed by atoms with Gasteiger partial charge in [-0.15, -0.1) is 0 Å². The van der Waals surface area contributed by atoms with Crippen molar-refractivity contribution in [2.24, 2.45) is 0 Å². The first kappa shape index (κ1) is 17.5. The minimum Gasteiger partial charge on any atom is -0.384 e. The Balaban J connectivity index is 1.34. The molecule has 1 atom stereocenters. The normalized spacial score (nSPS) is 19.7. The van der Waals surface area contributed by atoms with E-state index in [2.05, 4.69) is 43.8 Å². The van der Waals surface area contributed by atoms with Crippen LogP contribution in [0.15, 0.2) is 24.3 Å². The van der Waals surface area contributed by atoms with Crippen molar-refractivity contribution < 1.29 is 0 Å². The Hall–Kier alpha value is -2.60. The van der Waals surface area contributed by atoms with Gasteiger partial charge in [0.1, 0.15) is 17.2 Å². The predicted octanol–water partition coefficient (Wildman–Crippen LogP) is 3.98. The lowest BCUT2D eigenvalue weighted by atomic mass is 9.95. The molecule has 2 aliphatic rings. The summed E-state index contributed by atoms with van der Waals surface area (Å²) < 4.78 is 0. The van der Waals surface area contributed by atoms with Crippen molar-refractivity contribution in [2.75, 3.05) is 11.1 Å². The van der Waals surface area contributed by atoms with Crippen LogP contribution < -0.4 is 16.4 Å². The van der Waals surface area contributed by atoms with Gasteiger partial charge in [0.15, 0.2) is 5.65 Å². The molecule has 28 heavy (non-hydrogen) atoms. The third-order valence-electron chi connectivity index (χ3n) is 6.12. The van der Waals surface area contributed by atoms with Crippen molar-refractivity contribution in [1.82, 2.24) is 20.3 Å². The number of pyridine rings is 1. The predicted molar refractivity (Wildman–Crippen MR) is 113 cm³/mol. The molecule has 1 aliphatic carbocycles. The summed E-state index contributed by atoms with van der Waals surface area (Å²) in [6.45, 7) is 2.90. The lowest BCUT2D eigenvalue weighted by Gasteiger charge is -2.23. The second-order valence-corrected chi connectivity index (χ2v) is 8.26. The van der Waals surface area contributed by atoms with Gasteiger partial charge in [-0.05, 0) is 49.4 Å². The van der Waals surface area contributed by atoms with Crippen LogP contribution in [0, 0.1) is 6.92 Å². The molecule has 146 valence electrons. The number of nitrogens with two attached hydrogens (primary N) is 1. The lowest BCUT2D eigenvalue weighted by Crippen LogP contribution is -2.30. The summed E-state index contributed by atoms with van der Waals surface area (Å²) in [6, 6.07) is 9.60. The van der Waals surface area contributed by atoms with E-state index in [1.807, 2.05) is 13.0 Å². The highest BCUT2D eigenvalue weighted by atomic mass is 15.0. The summed E-state index contributed by atoms with van der Waals surface area (Å²) in [5, 5.41) is 7.40. The molecular weight excluding hydrogens is 348 g/mol. The third kappa shape index (κ3) is 3.33. The standard InChI is InChI=1S/C22H28N6/c1-13-25-21-17(11-20(23)28-22(21)26-13)19-10-15-9-14(7-8-18(15)27-19)12-24-16-5-3-2-4-6-16/h7-9,11,16,19,24,27H,2-6,10,12H2,1H3,(H3,23,25,26,28). The van der Waals surface area contributed by atoms with E-state index in [4.69, 9.17) is 5.73 Å². The Bertz CT molecular complexity index is 1000. The fourth-order valence-electron chi connectivity index (χ4n) is 4.70. The molecule has 0 spiro atoms. The molecule has 0 saturated heterocycles. The minimum absolute atomic E-state index is 0.173. The summed E-state index contributed by atoms with van der Waals surface area (Å²) in [7, 11) is 0. The number of aryl methyl sites for hydroxylation is 1. The number of aromatic amines is 1. The lowest BCUT2D eigenvalue weighted by molar-refractivity contribution is 0.372. The number of fused-ring (bicyclic) bond motifs is 2. The van der Waals surface area contributed by atoms with Gasteiger partial charge in [-0.1, -0.05) is 31.4 Å². The zero-order valence-corrected chi connectivity index (χ0v) is 16.4. The first-order valence-electron chi connectivity index (χ1n) is 10.4. The maximum Gasteiger partial charge on any atom is 0.160 e. The number of nitrogens with zero attached hydrogens (tertiary/aromatic N) is 2. The van der Waals surface area contributed by atoms with Crippen molar-refractivity contribution >= 4 is 22.7 Å². The Labute approximate surface area is 165 Å². The highest BCUT2D eigenvalue weighted by Gasteiger charge is 2.25. The Kier molecular flexibility index (Phi) is 4.43. The van der Waals surface area contributed by atoms with Crippen molar-refractivity contribution in [2.45, 2.75) is 64.1 Å². The second-order valence-electron chi connectivity index (χ2n) is 8.26. The van der Waals surface area contributed by atoms with E-state index in [0.717, 1.165) is 35.5 Å². The van der Waals surface area contributed by atoms with E-state index in [0.29, 0.717) is 11.9 Å². The zero-order valence-electron chi connectivity index (χ0n) is 16.4. The van der Waals surface area contributed by atoms with Crippen molar-refractivity contribution in [3.8, 4) is 0 Å². The molecule has 5 N–H and O–H groups in total. The van der Waals surface area contributed by atoms with Crippen LogP contribution in [0.3, 0.4) is 0 Å². The van der Waals surface area contributed by atoms with Crippen LogP contribution in [0.4, 0.5) is 11.5 Å². The van der Waals surface area contributed by atoms with Gasteiger partial charge < -0.3 is 21.4 Å². The van der Waals surface area contributed by atoms with Crippen LogP contribution in [0.25, 0.3) is 11.2 Å². The summed E-state index contributed by atoms with van der Waals surface area (Å²) >= 11 is 0. The molecule has 1 aromatic carbocycles. The van der Waals surface area contributed by atoms with Gasteiger partial charge in [-0.25, -0.2) is 9.97 Å². The highest BCUT2D eigenvalue weighted by molar-refractivity contribution is 5.79. The van der Waals surface area contributed by atoms with Crippen LogP contribution in [0.2, 0.25) is 0 Å². The van der Waals surface area contributed by atoms with E-state index in [-0.39, 0.29) is 6.04 Å². The third-order valence-corrected chi connectivity index (χ3v) is 6.12. The van der Waals surface area contributed by atoms with Gasteiger partial charge in [0.05, 0.1) is 6.04 Å². The molecular formula is C22H28N6. The number of H-pyrrole nitrogens is 1. The highest BCUT2D eigenvalue weighted by Crippen LogP contribution is 2.37. The van der Waals surface area contributed by atoms with Gasteiger partial charge in [-0.3, -0.25) is 0 Å². The minimum atomic E-state index is 0.173. The van der Waals surface area contributed by atoms with E-state index in [1.165, 1.54) is 48.9 Å². The van der Waals surface area contributed by atoms with Crippen LogP contribution in [0.1, 0.15) is 60.7 Å². The number of imidazole rings is 1. The number of benzene rings is 1. The molecule has 1 fully saturated rings. The monoisotopic (exact) mass is 376 g/mol. The number of hydrogen-bond donors (Lipinski definition) is 4. The van der Waals surface area contributed by atoms with Crippen LogP contribution >= 0.6 is 0 Å². The van der Waals surface area contributed by atoms with E-state index < -0.39 is 0 Å². The van der Waals surface area contributed by atoms with Gasteiger partial charge in [-0.2, -0.15) is 0 Å². The van der Waals surface area contributed by atoms with Gasteiger partial charge in [0, 0.05) is 23.8 Å². The SMILES string of the molecule is Cc1nc2c(C3Cc4cc(CNC5CCCCC5)ccc4N3)cc(N)nc2[nH]1. The first-order valence-corrected chi connectivity index (χ1v) is 10.4. The number of hydrogen-bond acceptors (Lipinski definition) is 5. The van der Waals surface area contributed by atoms with Crippen molar-refractivity contribution in [3.63, 3.8) is 0 Å². The number of nitrogen functional groups attached to an aromatic ring is 1. The molecule has 1 aliphatic heterocycles. The molecule has 3 heterocycles. The Morgan fingerprint density at radius 1 is 1.14 bits per heavy atom. The average molecular weight is 377 g/mol. The molecule has 6 nitrogen and oxygen atoms in total. The molecule has 2 aromatic heterocycles. The van der Waals surface area contributed by atoms with Crippen molar-refractivity contribution in [1.29, 1.82) is 0 Å². The average Bonchev–Trinajstić information content (AvgIpc) is 3.28. The molecule has 1 unspecified atom stereocenters. The molecule has 0 radical (unpaired) electrons. The fraction of sp³-hybridized carbons (Fsp3) is 0.455. The number of aromatic nitrogens is 3. The molecule has 0 bridgehead atoms. The number of anilines is 2. The largest absolute Gasteiger partial charge is 0.384 e. The number of nitrogens with one attached hydrogen (secondary N) is 3. The first-order chi connectivity index (χ1) is 13.7. The smallest absolute Gasteiger partial charge is 0.160 e. The van der Waals surface area contributed by atoms with Crippen LogP contribution in [-0.2, 0) is 13.0 Å². The Morgan fingerprint density at radius 3 is 2.86 bits per heavy atom. The molecule has 3 aromatic rings. The summed E-state index contributed by atoms with van der Waals surface area (Å²) in [5.41, 5.74) is 12.8. The van der Waals surface area contributed by atoms with Gasteiger partial charge >= 0.3 is 0 Å². The summed E-state index contributed by atoms with van der Waals surface area (Å²) in [6.07, 6.45) is 7.70. The van der Waals surface area contributed by atoms with Gasteiger partial charge in [0.25, 0.3) is 0 Å². The van der Waals surface area contributed by atoms with Crippen LogP contribution in [-0.4, -0.2) is 21.0 Å². The fourth-order valence-corrected chi connectivity index (χ4v) is 4.70. The molecule has 0 amide bonds. The molecule has 6 heteroatoms. The zero-order chi connectivity index (χ0) is 19.1. The maximum atomic E-state index is 6.05.